The Kier molecular flexibility index (Phi) is 8.15. The number of benzene rings is 1. The van der Waals surface area contributed by atoms with Crippen molar-refractivity contribution < 1.29 is 4.74 Å². The fraction of sp³-hybridized carbons (Fsp3) is 0.625. The largest absolute Gasteiger partial charge is 0.492 e. The number of rotatable bonds is 9. The summed E-state index contributed by atoms with van der Waals surface area (Å²) in [5.41, 5.74) is 7.42. The Hall–Kier alpha value is -0.540. The lowest BCUT2D eigenvalue weighted by molar-refractivity contribution is 0.315. The first-order valence-electron chi connectivity index (χ1n) is 7.36. The zero-order chi connectivity index (χ0) is 14.1. The number of hydrogen-bond acceptors (Lipinski definition) is 2. The van der Waals surface area contributed by atoms with Crippen LogP contribution in [0.4, 0.5) is 0 Å². The highest BCUT2D eigenvalue weighted by molar-refractivity contribution is 9.10. The Morgan fingerprint density at radius 3 is 2.58 bits per heavy atom. The molecule has 0 saturated heterocycles. The molecule has 19 heavy (non-hydrogen) atoms. The van der Waals surface area contributed by atoms with Crippen LogP contribution in [0.15, 0.2) is 22.7 Å². The van der Waals surface area contributed by atoms with Crippen molar-refractivity contribution in [3.63, 3.8) is 0 Å². The third-order valence-corrected chi connectivity index (χ3v) is 3.83. The van der Waals surface area contributed by atoms with Gasteiger partial charge in [0.05, 0.1) is 11.1 Å². The molecule has 1 rings (SSSR count). The van der Waals surface area contributed by atoms with Crippen molar-refractivity contribution in [2.45, 2.75) is 58.4 Å². The van der Waals surface area contributed by atoms with Crippen molar-refractivity contribution >= 4 is 15.9 Å². The molecule has 1 unspecified atom stereocenters. The van der Waals surface area contributed by atoms with Gasteiger partial charge in [-0.25, -0.2) is 0 Å². The summed E-state index contributed by atoms with van der Waals surface area (Å²) in [4.78, 5) is 0. The van der Waals surface area contributed by atoms with E-state index in [1.54, 1.807) is 0 Å². The van der Waals surface area contributed by atoms with Crippen molar-refractivity contribution in [1.82, 2.24) is 0 Å². The molecule has 0 heterocycles. The van der Waals surface area contributed by atoms with Gasteiger partial charge in [0.15, 0.2) is 0 Å². The highest BCUT2D eigenvalue weighted by Crippen LogP contribution is 2.29. The van der Waals surface area contributed by atoms with Gasteiger partial charge in [-0.2, -0.15) is 0 Å². The monoisotopic (exact) mass is 327 g/mol. The average Bonchev–Trinajstić information content (AvgIpc) is 2.42. The molecule has 0 fully saturated rings. The first kappa shape index (κ1) is 16.5. The Morgan fingerprint density at radius 1 is 1.16 bits per heavy atom. The van der Waals surface area contributed by atoms with Gasteiger partial charge in [-0.1, -0.05) is 45.6 Å². The van der Waals surface area contributed by atoms with Crippen molar-refractivity contribution in [2.75, 3.05) is 6.61 Å². The summed E-state index contributed by atoms with van der Waals surface area (Å²) in [6.07, 6.45) is 7.14. The maximum atomic E-state index is 6.23. The van der Waals surface area contributed by atoms with Crippen LogP contribution in [0.5, 0.6) is 5.75 Å². The Bertz CT molecular complexity index is 368. The minimum Gasteiger partial charge on any atom is -0.492 e. The van der Waals surface area contributed by atoms with Crippen molar-refractivity contribution in [2.24, 2.45) is 5.73 Å². The number of hydrogen-bond donors (Lipinski definition) is 1. The lowest BCUT2D eigenvalue weighted by Crippen LogP contribution is -2.10. The molecule has 0 spiro atoms. The molecule has 0 aliphatic rings. The highest BCUT2D eigenvalue weighted by Gasteiger charge is 2.09. The molecule has 1 atom stereocenters. The Morgan fingerprint density at radius 2 is 1.95 bits per heavy atom. The van der Waals surface area contributed by atoms with Gasteiger partial charge < -0.3 is 10.5 Å². The van der Waals surface area contributed by atoms with E-state index in [9.17, 15) is 0 Å². The van der Waals surface area contributed by atoms with Gasteiger partial charge in [-0.3, -0.25) is 0 Å². The van der Waals surface area contributed by atoms with Gasteiger partial charge in [-0.15, -0.1) is 0 Å². The van der Waals surface area contributed by atoms with Crippen molar-refractivity contribution in [1.29, 1.82) is 0 Å². The molecule has 0 aliphatic carbocycles. The topological polar surface area (TPSA) is 35.2 Å². The van der Waals surface area contributed by atoms with Crippen LogP contribution in [0.3, 0.4) is 0 Å². The lowest BCUT2D eigenvalue weighted by atomic mass is 10.0. The van der Waals surface area contributed by atoms with E-state index in [1.165, 1.54) is 31.2 Å². The molecule has 1 aromatic carbocycles. The Balaban J connectivity index is 2.51. The maximum absolute atomic E-state index is 6.23. The molecule has 1 aromatic rings. The number of ether oxygens (including phenoxy) is 1. The zero-order valence-corrected chi connectivity index (χ0v) is 13.7. The number of halogens is 1. The van der Waals surface area contributed by atoms with Crippen LogP contribution in [0.25, 0.3) is 0 Å². The zero-order valence-electron chi connectivity index (χ0n) is 12.1. The third-order valence-electron chi connectivity index (χ3n) is 3.21. The SMILES string of the molecule is CCCCCCC(N)c1ccc(OCCC)c(Br)c1. The summed E-state index contributed by atoms with van der Waals surface area (Å²) < 4.78 is 6.65. The maximum Gasteiger partial charge on any atom is 0.133 e. The second kappa shape index (κ2) is 9.38. The van der Waals surface area contributed by atoms with Gasteiger partial charge in [0.25, 0.3) is 0 Å². The Labute approximate surface area is 125 Å². The number of unbranched alkanes of at least 4 members (excludes halogenated alkanes) is 3. The van der Waals surface area contributed by atoms with E-state index in [4.69, 9.17) is 10.5 Å². The van der Waals surface area contributed by atoms with E-state index in [-0.39, 0.29) is 6.04 Å². The van der Waals surface area contributed by atoms with Crippen LogP contribution in [-0.4, -0.2) is 6.61 Å². The highest BCUT2D eigenvalue weighted by atomic mass is 79.9. The van der Waals surface area contributed by atoms with E-state index >= 15 is 0 Å². The van der Waals surface area contributed by atoms with Gasteiger partial charge in [-0.05, 0) is 46.5 Å². The van der Waals surface area contributed by atoms with Gasteiger partial charge in [0.1, 0.15) is 5.75 Å². The fourth-order valence-electron chi connectivity index (χ4n) is 2.03. The van der Waals surface area contributed by atoms with E-state index < -0.39 is 0 Å². The minimum atomic E-state index is 0.133. The summed E-state index contributed by atoms with van der Waals surface area (Å²) in [6, 6.07) is 6.32. The van der Waals surface area contributed by atoms with Crippen LogP contribution >= 0.6 is 15.9 Å². The first-order valence-corrected chi connectivity index (χ1v) is 8.16. The summed E-state index contributed by atoms with van der Waals surface area (Å²) in [6.45, 7) is 5.08. The second-order valence-corrected chi connectivity index (χ2v) is 5.85. The van der Waals surface area contributed by atoms with Crippen molar-refractivity contribution in [3.8, 4) is 5.75 Å². The molecule has 0 bridgehead atoms. The van der Waals surface area contributed by atoms with E-state index in [0.717, 1.165) is 29.7 Å². The van der Waals surface area contributed by atoms with E-state index in [2.05, 4.69) is 41.9 Å². The molecule has 108 valence electrons. The molecular formula is C16H26BrNO. The van der Waals surface area contributed by atoms with Crippen LogP contribution in [0, 0.1) is 0 Å². The predicted octanol–water partition coefficient (Wildman–Crippen LogP) is 5.21. The average molecular weight is 328 g/mol. The van der Waals surface area contributed by atoms with Crippen LogP contribution < -0.4 is 10.5 Å². The normalized spacial score (nSPS) is 12.4. The van der Waals surface area contributed by atoms with Crippen LogP contribution in [-0.2, 0) is 0 Å². The van der Waals surface area contributed by atoms with Crippen molar-refractivity contribution in [3.05, 3.63) is 28.2 Å². The van der Waals surface area contributed by atoms with Crippen LogP contribution in [0.1, 0.15) is 64.0 Å². The fourth-order valence-corrected chi connectivity index (χ4v) is 2.55. The van der Waals surface area contributed by atoms with E-state index in [0.29, 0.717) is 0 Å². The minimum absolute atomic E-state index is 0.133. The molecule has 0 radical (unpaired) electrons. The molecule has 0 amide bonds. The molecule has 3 heteroatoms. The van der Waals surface area contributed by atoms with Gasteiger partial charge >= 0.3 is 0 Å². The molecular weight excluding hydrogens is 302 g/mol. The lowest BCUT2D eigenvalue weighted by Gasteiger charge is -2.14. The van der Waals surface area contributed by atoms with Gasteiger partial charge in [0.2, 0.25) is 0 Å². The third kappa shape index (κ3) is 5.96. The molecule has 0 aromatic heterocycles. The van der Waals surface area contributed by atoms with Gasteiger partial charge in [0, 0.05) is 6.04 Å². The molecule has 2 nitrogen and oxygen atoms in total. The first-order chi connectivity index (χ1) is 9.19. The predicted molar refractivity (Wildman–Crippen MR) is 85.6 cm³/mol. The summed E-state index contributed by atoms with van der Waals surface area (Å²) in [5, 5.41) is 0. The summed E-state index contributed by atoms with van der Waals surface area (Å²) in [5.74, 6) is 0.906. The number of nitrogens with two attached hydrogens (primary N) is 1. The second-order valence-electron chi connectivity index (χ2n) is 4.99. The molecule has 0 saturated carbocycles. The quantitative estimate of drug-likeness (QED) is 0.632. The molecule has 0 aliphatic heterocycles. The standard InChI is InChI=1S/C16H26BrNO/c1-3-5-6-7-8-15(18)13-9-10-16(14(17)12-13)19-11-4-2/h9-10,12,15H,3-8,11,18H2,1-2H3. The summed E-state index contributed by atoms with van der Waals surface area (Å²) >= 11 is 3.56. The summed E-state index contributed by atoms with van der Waals surface area (Å²) in [7, 11) is 0. The smallest absolute Gasteiger partial charge is 0.133 e. The van der Waals surface area contributed by atoms with E-state index in [1.807, 2.05) is 6.07 Å². The van der Waals surface area contributed by atoms with Crippen LogP contribution in [0.2, 0.25) is 0 Å². The molecule has 2 N–H and O–H groups in total.